The Labute approximate surface area is 205 Å². The highest BCUT2D eigenvalue weighted by atomic mass is 35.5. The van der Waals surface area contributed by atoms with Gasteiger partial charge in [-0.15, -0.1) is 11.3 Å². The highest BCUT2D eigenvalue weighted by Gasteiger charge is 2.26. The average Bonchev–Trinajstić information content (AvgIpc) is 3.40. The Morgan fingerprint density at radius 3 is 2.56 bits per heavy atom. The molecule has 0 aliphatic heterocycles. The zero-order valence-electron chi connectivity index (χ0n) is 18.7. The fourth-order valence-electron chi connectivity index (χ4n) is 4.65. The van der Waals surface area contributed by atoms with Crippen LogP contribution in [0.15, 0.2) is 64.2 Å². The fraction of sp³-hybridized carbons (Fsp3) is 0.269. The van der Waals surface area contributed by atoms with Gasteiger partial charge in [-0.2, -0.15) is 0 Å². The molecule has 2 aromatic carbocycles. The molecule has 1 aliphatic carbocycles. The first kappa shape index (κ1) is 22.6. The maximum absolute atomic E-state index is 13.5. The standard InChI is InChI=1S/C26H24ClN3O3S/c1-16(14-17-6-3-2-4-7-17)28-22(31)15-29-25-23(20-8-5-9-21(20)34-25)24(32)30(26(29)33)19-12-10-18(27)11-13-19/h2-4,6-7,10-13,16H,5,8-9,14-15H2,1H3,(H,28,31)/t16-/m1/s1. The van der Waals surface area contributed by atoms with Gasteiger partial charge in [0.15, 0.2) is 0 Å². The number of nitrogens with zero attached hydrogens (tertiary/aromatic N) is 2. The molecule has 1 N–H and O–H groups in total. The quantitative estimate of drug-likeness (QED) is 0.439. The van der Waals surface area contributed by atoms with Crippen LogP contribution < -0.4 is 16.6 Å². The monoisotopic (exact) mass is 493 g/mol. The van der Waals surface area contributed by atoms with Crippen molar-refractivity contribution in [2.45, 2.75) is 45.2 Å². The van der Waals surface area contributed by atoms with Gasteiger partial charge in [0.1, 0.15) is 11.4 Å². The molecule has 34 heavy (non-hydrogen) atoms. The number of aryl methyl sites for hydroxylation is 2. The Morgan fingerprint density at radius 1 is 1.09 bits per heavy atom. The lowest BCUT2D eigenvalue weighted by molar-refractivity contribution is -0.122. The maximum Gasteiger partial charge on any atom is 0.337 e. The van der Waals surface area contributed by atoms with E-state index < -0.39 is 5.69 Å². The molecule has 0 fully saturated rings. The zero-order chi connectivity index (χ0) is 23.8. The Kier molecular flexibility index (Phi) is 6.15. The van der Waals surface area contributed by atoms with Crippen LogP contribution in [0.2, 0.25) is 5.02 Å². The van der Waals surface area contributed by atoms with Crippen LogP contribution in [0, 0.1) is 0 Å². The van der Waals surface area contributed by atoms with Crippen LogP contribution in [0.5, 0.6) is 0 Å². The van der Waals surface area contributed by atoms with E-state index in [2.05, 4.69) is 5.32 Å². The number of benzene rings is 2. The first-order valence-electron chi connectivity index (χ1n) is 11.3. The molecule has 0 saturated carbocycles. The van der Waals surface area contributed by atoms with Crippen molar-refractivity contribution in [3.05, 3.63) is 96.5 Å². The molecule has 8 heteroatoms. The van der Waals surface area contributed by atoms with Gasteiger partial charge in [0, 0.05) is 15.9 Å². The number of thiophene rings is 1. The van der Waals surface area contributed by atoms with E-state index in [0.717, 1.165) is 39.8 Å². The Bertz CT molecular complexity index is 1490. The molecule has 2 aromatic heterocycles. The minimum atomic E-state index is -0.523. The number of carbonyl (C=O) groups excluding carboxylic acids is 1. The maximum atomic E-state index is 13.5. The highest BCUT2D eigenvalue weighted by Crippen LogP contribution is 2.35. The molecule has 1 atom stereocenters. The smallest absolute Gasteiger partial charge is 0.337 e. The third-order valence-electron chi connectivity index (χ3n) is 6.17. The molecular weight excluding hydrogens is 470 g/mol. The topological polar surface area (TPSA) is 73.1 Å². The minimum Gasteiger partial charge on any atom is -0.352 e. The molecule has 0 radical (unpaired) electrons. The number of hydrogen-bond acceptors (Lipinski definition) is 4. The predicted octanol–water partition coefficient (Wildman–Crippen LogP) is 4.10. The first-order chi connectivity index (χ1) is 16.4. The van der Waals surface area contributed by atoms with Crippen LogP contribution >= 0.6 is 22.9 Å². The van der Waals surface area contributed by atoms with Crippen molar-refractivity contribution in [2.75, 3.05) is 0 Å². The highest BCUT2D eigenvalue weighted by molar-refractivity contribution is 7.19. The minimum absolute atomic E-state index is 0.100. The summed E-state index contributed by atoms with van der Waals surface area (Å²) < 4.78 is 2.60. The van der Waals surface area contributed by atoms with Crippen LogP contribution in [0.25, 0.3) is 15.9 Å². The summed E-state index contributed by atoms with van der Waals surface area (Å²) in [6.07, 6.45) is 3.38. The molecular formula is C26H24ClN3O3S. The van der Waals surface area contributed by atoms with Crippen molar-refractivity contribution >= 4 is 39.1 Å². The number of hydrogen-bond donors (Lipinski definition) is 1. The van der Waals surface area contributed by atoms with Gasteiger partial charge in [0.05, 0.1) is 11.1 Å². The van der Waals surface area contributed by atoms with Crippen LogP contribution in [0.3, 0.4) is 0 Å². The number of fused-ring (bicyclic) bond motifs is 3. The van der Waals surface area contributed by atoms with Crippen molar-refractivity contribution in [2.24, 2.45) is 0 Å². The summed E-state index contributed by atoms with van der Waals surface area (Å²) in [7, 11) is 0. The first-order valence-corrected chi connectivity index (χ1v) is 12.5. The fourth-order valence-corrected chi connectivity index (χ4v) is 6.15. The van der Waals surface area contributed by atoms with Crippen molar-refractivity contribution in [1.29, 1.82) is 0 Å². The summed E-state index contributed by atoms with van der Waals surface area (Å²) in [5, 5.41) is 4.07. The van der Waals surface area contributed by atoms with Crippen molar-refractivity contribution in [3.63, 3.8) is 0 Å². The van der Waals surface area contributed by atoms with E-state index in [1.807, 2.05) is 37.3 Å². The summed E-state index contributed by atoms with van der Waals surface area (Å²) in [6.45, 7) is 1.79. The van der Waals surface area contributed by atoms with Crippen LogP contribution in [0.4, 0.5) is 0 Å². The second-order valence-electron chi connectivity index (χ2n) is 8.68. The van der Waals surface area contributed by atoms with E-state index in [1.54, 1.807) is 24.3 Å². The molecule has 0 saturated heterocycles. The van der Waals surface area contributed by atoms with Gasteiger partial charge in [-0.05, 0) is 68.0 Å². The van der Waals surface area contributed by atoms with Gasteiger partial charge < -0.3 is 5.32 Å². The third kappa shape index (κ3) is 4.21. The van der Waals surface area contributed by atoms with E-state index in [4.69, 9.17) is 11.6 Å². The number of halogens is 1. The lowest BCUT2D eigenvalue weighted by Crippen LogP contribution is -2.43. The SMILES string of the molecule is C[C@H](Cc1ccccc1)NC(=O)Cn1c(=O)n(-c2ccc(Cl)cc2)c(=O)c2c3c(sc21)CCC3. The Hall–Kier alpha value is -3.16. The van der Waals surface area contributed by atoms with Crippen molar-refractivity contribution < 1.29 is 4.79 Å². The molecule has 1 amide bonds. The molecule has 0 spiro atoms. The van der Waals surface area contributed by atoms with Crippen LogP contribution in [0.1, 0.15) is 29.3 Å². The summed E-state index contributed by atoms with van der Waals surface area (Å²) in [4.78, 5) is 41.7. The van der Waals surface area contributed by atoms with E-state index in [0.29, 0.717) is 27.3 Å². The van der Waals surface area contributed by atoms with E-state index >= 15 is 0 Å². The molecule has 1 aliphatic rings. The number of carbonyl (C=O) groups is 1. The summed E-state index contributed by atoms with van der Waals surface area (Å²) in [5.41, 5.74) is 1.72. The van der Waals surface area contributed by atoms with E-state index in [-0.39, 0.29) is 24.1 Å². The van der Waals surface area contributed by atoms with Gasteiger partial charge in [-0.25, -0.2) is 9.36 Å². The van der Waals surface area contributed by atoms with Crippen molar-refractivity contribution in [1.82, 2.24) is 14.5 Å². The summed E-state index contributed by atoms with van der Waals surface area (Å²) in [6, 6.07) is 16.4. The lowest BCUT2D eigenvalue weighted by Gasteiger charge is -2.16. The van der Waals surface area contributed by atoms with Gasteiger partial charge in [-0.3, -0.25) is 14.2 Å². The van der Waals surface area contributed by atoms with E-state index in [9.17, 15) is 14.4 Å². The van der Waals surface area contributed by atoms with Gasteiger partial charge in [-0.1, -0.05) is 41.9 Å². The molecule has 4 aromatic rings. The third-order valence-corrected chi connectivity index (χ3v) is 7.73. The molecule has 6 nitrogen and oxygen atoms in total. The number of amides is 1. The number of rotatable bonds is 6. The van der Waals surface area contributed by atoms with Gasteiger partial charge in [0.25, 0.3) is 5.56 Å². The molecule has 2 heterocycles. The summed E-state index contributed by atoms with van der Waals surface area (Å²) in [5.74, 6) is -0.262. The van der Waals surface area contributed by atoms with E-state index in [1.165, 1.54) is 15.9 Å². The molecule has 0 bridgehead atoms. The molecule has 5 rings (SSSR count). The largest absolute Gasteiger partial charge is 0.352 e. The second-order valence-corrected chi connectivity index (χ2v) is 10.2. The molecule has 0 unspecified atom stereocenters. The van der Waals surface area contributed by atoms with Gasteiger partial charge >= 0.3 is 5.69 Å². The Balaban J connectivity index is 1.54. The zero-order valence-corrected chi connectivity index (χ0v) is 20.3. The lowest BCUT2D eigenvalue weighted by atomic mass is 10.1. The molecule has 174 valence electrons. The van der Waals surface area contributed by atoms with Crippen LogP contribution in [-0.2, 0) is 30.6 Å². The second kappa shape index (κ2) is 9.24. The Morgan fingerprint density at radius 2 is 1.82 bits per heavy atom. The van der Waals surface area contributed by atoms with Gasteiger partial charge in [0.2, 0.25) is 5.91 Å². The number of aromatic nitrogens is 2. The van der Waals surface area contributed by atoms with Crippen molar-refractivity contribution in [3.8, 4) is 5.69 Å². The summed E-state index contributed by atoms with van der Waals surface area (Å²) >= 11 is 7.48. The van der Waals surface area contributed by atoms with Crippen LogP contribution in [-0.4, -0.2) is 21.1 Å². The number of nitrogens with one attached hydrogen (secondary N) is 1. The predicted molar refractivity (Wildman–Crippen MR) is 136 cm³/mol. The average molecular weight is 494 g/mol. The normalized spacial score (nSPS) is 13.7.